The first kappa shape index (κ1) is 25.0. The third-order valence-corrected chi connectivity index (χ3v) is 7.77. The highest BCUT2D eigenvalue weighted by Crippen LogP contribution is 2.42. The molecular formula is C21H23F5NO3P. The van der Waals surface area contributed by atoms with Gasteiger partial charge in [0, 0.05) is 5.30 Å². The molecule has 2 rings (SSSR count). The minimum atomic E-state index is -4.69. The molecule has 31 heavy (non-hydrogen) atoms. The van der Waals surface area contributed by atoms with Crippen molar-refractivity contribution >= 4 is 23.9 Å². The van der Waals surface area contributed by atoms with E-state index >= 15 is 0 Å². The van der Waals surface area contributed by atoms with Crippen molar-refractivity contribution in [3.63, 3.8) is 0 Å². The number of halogens is 5. The first-order valence-corrected chi connectivity index (χ1v) is 11.4. The number of carbonyl (C=O) groups excluding carboxylic acids is 1. The third kappa shape index (κ3) is 5.15. The molecule has 0 aliphatic rings. The van der Waals surface area contributed by atoms with Crippen LogP contribution in [0.1, 0.15) is 33.6 Å². The molecule has 0 spiro atoms. The van der Waals surface area contributed by atoms with Crippen LogP contribution >= 0.6 is 7.29 Å². The van der Waals surface area contributed by atoms with Crippen LogP contribution in [0.15, 0.2) is 30.3 Å². The van der Waals surface area contributed by atoms with Crippen molar-refractivity contribution in [3.05, 3.63) is 59.4 Å². The van der Waals surface area contributed by atoms with Crippen molar-refractivity contribution < 1.29 is 36.0 Å². The summed E-state index contributed by atoms with van der Waals surface area (Å²) in [5.74, 6) is -12.1. The number of esters is 1. The predicted molar refractivity (Wildman–Crippen MR) is 107 cm³/mol. The van der Waals surface area contributed by atoms with Gasteiger partial charge in [-0.2, -0.15) is 0 Å². The van der Waals surface area contributed by atoms with Crippen molar-refractivity contribution in [1.29, 1.82) is 0 Å². The van der Waals surface area contributed by atoms with Crippen molar-refractivity contribution in [2.45, 2.75) is 39.7 Å². The van der Waals surface area contributed by atoms with Gasteiger partial charge in [0.05, 0.1) is 6.61 Å². The number of hydrogen-bond donors (Lipinski definition) is 1. The topological polar surface area (TPSA) is 55.4 Å². The van der Waals surface area contributed by atoms with E-state index in [2.05, 4.69) is 5.09 Å². The lowest BCUT2D eigenvalue weighted by atomic mass is 10.1. The zero-order valence-electron chi connectivity index (χ0n) is 17.2. The van der Waals surface area contributed by atoms with Crippen LogP contribution in [0.3, 0.4) is 0 Å². The fraction of sp³-hybridized carbons (Fsp3) is 0.381. The van der Waals surface area contributed by atoms with Crippen LogP contribution in [0.4, 0.5) is 22.0 Å². The van der Waals surface area contributed by atoms with Crippen LogP contribution in [0.5, 0.6) is 0 Å². The lowest BCUT2D eigenvalue weighted by Gasteiger charge is -2.25. The maximum atomic E-state index is 14.5. The summed E-state index contributed by atoms with van der Waals surface area (Å²) in [7, 11) is -4.69. The number of carbonyl (C=O) groups is 1. The third-order valence-electron chi connectivity index (χ3n) is 4.97. The summed E-state index contributed by atoms with van der Waals surface area (Å²) in [4.78, 5) is 12.4. The van der Waals surface area contributed by atoms with E-state index < -0.39 is 53.7 Å². The van der Waals surface area contributed by atoms with Crippen LogP contribution < -0.4 is 15.7 Å². The van der Waals surface area contributed by atoms with Crippen LogP contribution in [0.25, 0.3) is 0 Å². The number of nitrogens with one attached hydrogen (secondary N) is 1. The average molecular weight is 463 g/mol. The standard InChI is InChI=1S/C21H23F5NO3P/c1-4-13(5-2)11-30-21(28)12(3)27-31(29,14-9-7-6-8-10-14)20-18(25)16(23)15(22)17(24)19(20)26/h6-10,12-13H,4-5,11H2,1-3H3,(H,27,29)/t12-,31-/m0/s1. The maximum absolute atomic E-state index is 14.5. The van der Waals surface area contributed by atoms with Gasteiger partial charge in [0.25, 0.3) is 0 Å². The molecule has 0 radical (unpaired) electrons. The Morgan fingerprint density at radius 1 is 0.935 bits per heavy atom. The van der Waals surface area contributed by atoms with E-state index in [0.29, 0.717) is 0 Å². The molecule has 0 aliphatic heterocycles. The lowest BCUT2D eigenvalue weighted by Crippen LogP contribution is -2.41. The Morgan fingerprint density at radius 3 is 1.90 bits per heavy atom. The number of benzene rings is 2. The van der Waals surface area contributed by atoms with Gasteiger partial charge in [0.1, 0.15) is 11.3 Å². The van der Waals surface area contributed by atoms with Gasteiger partial charge in [-0.05, 0) is 25.0 Å². The molecule has 2 atom stereocenters. The van der Waals surface area contributed by atoms with Gasteiger partial charge >= 0.3 is 5.97 Å². The summed E-state index contributed by atoms with van der Waals surface area (Å²) in [6.45, 7) is 5.14. The Morgan fingerprint density at radius 2 is 1.42 bits per heavy atom. The fourth-order valence-electron chi connectivity index (χ4n) is 2.95. The van der Waals surface area contributed by atoms with Crippen molar-refractivity contribution in [2.24, 2.45) is 5.92 Å². The Labute approximate surface area is 177 Å². The Kier molecular flexibility index (Phi) is 8.37. The zero-order valence-corrected chi connectivity index (χ0v) is 18.1. The van der Waals surface area contributed by atoms with E-state index in [0.717, 1.165) is 12.8 Å². The van der Waals surface area contributed by atoms with Crippen LogP contribution in [0, 0.1) is 35.0 Å². The summed E-state index contributed by atoms with van der Waals surface area (Å²) in [6.07, 6.45) is 1.50. The smallest absolute Gasteiger partial charge is 0.323 e. The van der Waals surface area contributed by atoms with Crippen LogP contribution in [0.2, 0.25) is 0 Å². The number of hydrogen-bond acceptors (Lipinski definition) is 3. The van der Waals surface area contributed by atoms with Gasteiger partial charge in [0.15, 0.2) is 23.3 Å². The molecular weight excluding hydrogens is 440 g/mol. The molecule has 170 valence electrons. The highest BCUT2D eigenvalue weighted by Gasteiger charge is 2.40. The fourth-order valence-corrected chi connectivity index (χ4v) is 5.48. The van der Waals surface area contributed by atoms with Crippen LogP contribution in [-0.2, 0) is 14.1 Å². The molecule has 2 aromatic rings. The minimum absolute atomic E-state index is 0.0794. The molecule has 0 bridgehead atoms. The van der Waals surface area contributed by atoms with Gasteiger partial charge in [-0.25, -0.2) is 27.0 Å². The maximum Gasteiger partial charge on any atom is 0.323 e. The Hall–Kier alpha value is -2.25. The summed E-state index contributed by atoms with van der Waals surface area (Å²) < 4.78 is 89.2. The van der Waals surface area contributed by atoms with Crippen molar-refractivity contribution in [3.8, 4) is 0 Å². The molecule has 0 fully saturated rings. The molecule has 0 amide bonds. The highest BCUT2D eigenvalue weighted by molar-refractivity contribution is 7.77. The molecule has 2 aromatic carbocycles. The largest absolute Gasteiger partial charge is 0.464 e. The second-order valence-electron chi connectivity index (χ2n) is 7.03. The Bertz CT molecular complexity index is 954. The van der Waals surface area contributed by atoms with E-state index in [9.17, 15) is 31.3 Å². The highest BCUT2D eigenvalue weighted by atomic mass is 31.2. The van der Waals surface area contributed by atoms with Gasteiger partial charge in [-0.1, -0.05) is 44.9 Å². The zero-order chi connectivity index (χ0) is 23.3. The second-order valence-corrected chi connectivity index (χ2v) is 9.47. The molecule has 0 heterocycles. The first-order valence-electron chi connectivity index (χ1n) is 9.70. The molecule has 1 N–H and O–H groups in total. The molecule has 0 unspecified atom stereocenters. The summed E-state index contributed by atoms with van der Waals surface area (Å²) >= 11 is 0. The van der Waals surface area contributed by atoms with Crippen molar-refractivity contribution in [1.82, 2.24) is 5.09 Å². The first-order chi connectivity index (χ1) is 14.6. The summed E-state index contributed by atoms with van der Waals surface area (Å²) in [6, 6.07) is 5.31. The lowest BCUT2D eigenvalue weighted by molar-refractivity contribution is -0.146. The molecule has 0 saturated carbocycles. The van der Waals surface area contributed by atoms with Crippen LogP contribution in [-0.4, -0.2) is 18.6 Å². The van der Waals surface area contributed by atoms with Gasteiger partial charge in [0.2, 0.25) is 13.1 Å². The van der Waals surface area contributed by atoms with Crippen molar-refractivity contribution in [2.75, 3.05) is 6.61 Å². The van der Waals surface area contributed by atoms with E-state index in [-0.39, 0.29) is 17.8 Å². The van der Waals surface area contributed by atoms with E-state index in [1.807, 2.05) is 13.8 Å². The quantitative estimate of drug-likeness (QED) is 0.195. The normalized spacial score (nSPS) is 14.4. The van der Waals surface area contributed by atoms with E-state index in [4.69, 9.17) is 4.74 Å². The molecule has 0 aliphatic carbocycles. The molecule has 4 nitrogen and oxygen atoms in total. The second kappa shape index (κ2) is 10.4. The van der Waals surface area contributed by atoms with Gasteiger partial charge in [-0.3, -0.25) is 9.36 Å². The SMILES string of the molecule is CCC(CC)COC(=O)[C@H](C)N[P@](=O)(c1ccccc1)c1c(F)c(F)c(F)c(F)c1F. The number of ether oxygens (including phenoxy) is 1. The molecule has 0 aromatic heterocycles. The average Bonchev–Trinajstić information content (AvgIpc) is 2.77. The van der Waals surface area contributed by atoms with E-state index in [1.54, 1.807) is 0 Å². The molecule has 0 saturated heterocycles. The predicted octanol–water partition coefficient (Wildman–Crippen LogP) is 4.57. The molecule has 10 heteroatoms. The Balaban J connectivity index is 2.51. The summed E-state index contributed by atoms with van der Waals surface area (Å²) in [5.41, 5.74) is 0. The number of rotatable bonds is 9. The van der Waals surface area contributed by atoms with Gasteiger partial charge in [-0.15, -0.1) is 0 Å². The van der Waals surface area contributed by atoms with Gasteiger partial charge < -0.3 is 4.74 Å². The minimum Gasteiger partial charge on any atom is -0.464 e. The van der Waals surface area contributed by atoms with E-state index in [1.165, 1.54) is 37.3 Å². The summed E-state index contributed by atoms with van der Waals surface area (Å²) in [5, 5.41) is 0.529. The monoisotopic (exact) mass is 463 g/mol.